The second kappa shape index (κ2) is 10.0. The molecular weight excluding hydrogens is 376 g/mol. The number of nitrogen functional groups attached to an aromatic ring is 1. The molecule has 2 rings (SSSR count). The van der Waals surface area contributed by atoms with E-state index < -0.39 is 0 Å². The average molecular weight is 407 g/mol. The lowest BCUT2D eigenvalue weighted by Gasteiger charge is -2.32. The highest BCUT2D eigenvalue weighted by atomic mass is 32.2. The Morgan fingerprint density at radius 2 is 2.07 bits per heavy atom. The Kier molecular flexibility index (Phi) is 8.00. The number of nitrogens with two attached hydrogens (primary N) is 1. The maximum absolute atomic E-state index is 13.0. The molecule has 0 aromatic carbocycles. The van der Waals surface area contributed by atoms with Crippen molar-refractivity contribution in [1.82, 2.24) is 14.9 Å². The minimum Gasteiger partial charge on any atom is -0.396 e. The fourth-order valence-electron chi connectivity index (χ4n) is 3.39. The highest BCUT2D eigenvalue weighted by molar-refractivity contribution is 8.17. The third-order valence-electron chi connectivity index (χ3n) is 5.33. The molecule has 0 saturated heterocycles. The second-order valence-electron chi connectivity index (χ2n) is 7.55. The molecule has 1 aromatic heterocycles. The van der Waals surface area contributed by atoms with Crippen molar-refractivity contribution in [3.05, 3.63) is 28.2 Å². The summed E-state index contributed by atoms with van der Waals surface area (Å²) in [4.78, 5) is 35.2. The van der Waals surface area contributed by atoms with Crippen LogP contribution in [0.2, 0.25) is 0 Å². The van der Waals surface area contributed by atoms with Crippen LogP contribution in [0.3, 0.4) is 0 Å². The molecule has 0 atom stereocenters. The van der Waals surface area contributed by atoms with Crippen LogP contribution in [0.4, 0.5) is 5.82 Å². The van der Waals surface area contributed by atoms with Crippen LogP contribution >= 0.6 is 11.8 Å². The molecule has 1 heterocycles. The van der Waals surface area contributed by atoms with Crippen LogP contribution in [0.5, 0.6) is 0 Å². The molecule has 1 fully saturated rings. The lowest BCUT2D eigenvalue weighted by molar-refractivity contribution is -0.120. The zero-order chi connectivity index (χ0) is 20.7. The number of rotatable bonds is 8. The normalized spacial score (nSPS) is 17.0. The van der Waals surface area contributed by atoms with Crippen LogP contribution in [0.1, 0.15) is 63.8 Å². The largest absolute Gasteiger partial charge is 0.396 e. The van der Waals surface area contributed by atoms with E-state index in [1.165, 1.54) is 11.3 Å². The number of aryl methyl sites for hydroxylation is 1. The van der Waals surface area contributed by atoms with Gasteiger partial charge < -0.3 is 15.7 Å². The summed E-state index contributed by atoms with van der Waals surface area (Å²) < 4.78 is 0. The van der Waals surface area contributed by atoms with E-state index in [4.69, 9.17) is 5.73 Å². The lowest BCUT2D eigenvalue weighted by Crippen LogP contribution is -2.28. The molecule has 1 aliphatic carbocycles. The fraction of sp³-hybridized carbons (Fsp3) is 0.600. The molecular formula is C20H30N4O3S. The minimum atomic E-state index is -0.342. The predicted molar refractivity (Wildman–Crippen MR) is 111 cm³/mol. The Balaban J connectivity index is 2.23. The number of aliphatic hydroxyl groups is 1. The van der Waals surface area contributed by atoms with Gasteiger partial charge in [-0.05, 0) is 26.7 Å². The molecule has 28 heavy (non-hydrogen) atoms. The van der Waals surface area contributed by atoms with Crippen molar-refractivity contribution in [3.63, 3.8) is 0 Å². The first kappa shape index (κ1) is 22.4. The first-order valence-corrected chi connectivity index (χ1v) is 10.4. The van der Waals surface area contributed by atoms with Crippen molar-refractivity contribution in [2.75, 3.05) is 12.3 Å². The maximum atomic E-state index is 13.0. The summed E-state index contributed by atoms with van der Waals surface area (Å²) in [6, 6.07) is 0. The number of aromatic nitrogens is 2. The van der Waals surface area contributed by atoms with Gasteiger partial charge in [0.25, 0.3) is 0 Å². The van der Waals surface area contributed by atoms with Crippen molar-refractivity contribution in [2.45, 2.75) is 65.8 Å². The van der Waals surface area contributed by atoms with Crippen molar-refractivity contribution < 1.29 is 14.7 Å². The van der Waals surface area contributed by atoms with E-state index in [0.717, 1.165) is 37.4 Å². The Labute approximate surface area is 170 Å². The fourth-order valence-corrected chi connectivity index (χ4v) is 4.52. The summed E-state index contributed by atoms with van der Waals surface area (Å²) in [6.45, 7) is 5.67. The molecule has 7 nitrogen and oxygen atoms in total. The number of thioether (sulfide) groups is 1. The highest BCUT2D eigenvalue weighted by Crippen LogP contribution is 2.42. The van der Waals surface area contributed by atoms with Gasteiger partial charge in [-0.1, -0.05) is 37.9 Å². The number of hydrogen-bond acceptors (Lipinski definition) is 7. The van der Waals surface area contributed by atoms with Crippen molar-refractivity contribution >= 4 is 29.1 Å². The van der Waals surface area contributed by atoms with E-state index in [1.807, 2.05) is 6.92 Å². The van der Waals surface area contributed by atoms with Gasteiger partial charge in [-0.15, -0.1) is 0 Å². The number of nitrogens with zero attached hydrogens (tertiary/aromatic N) is 3. The molecule has 1 amide bonds. The van der Waals surface area contributed by atoms with E-state index in [1.54, 1.807) is 20.0 Å². The van der Waals surface area contributed by atoms with Gasteiger partial charge in [-0.2, -0.15) is 0 Å². The van der Waals surface area contributed by atoms with E-state index in [9.17, 15) is 14.7 Å². The Bertz CT molecular complexity index is 745. The molecule has 154 valence electrons. The number of carbonyl (C=O) groups is 2. The summed E-state index contributed by atoms with van der Waals surface area (Å²) >= 11 is 1.16. The third kappa shape index (κ3) is 5.54. The van der Waals surface area contributed by atoms with Gasteiger partial charge in [-0.3, -0.25) is 9.59 Å². The molecule has 0 spiro atoms. The number of anilines is 1. The highest BCUT2D eigenvalue weighted by Gasteiger charge is 2.35. The lowest BCUT2D eigenvalue weighted by atomic mass is 9.77. The zero-order valence-corrected chi connectivity index (χ0v) is 17.7. The number of allylic oxidation sites excluding steroid dienone is 1. The molecule has 0 unspecified atom stereocenters. The number of aliphatic hydroxyl groups excluding tert-OH is 1. The quantitative estimate of drug-likeness (QED) is 0.638. The van der Waals surface area contributed by atoms with Crippen molar-refractivity contribution in [1.29, 1.82) is 0 Å². The van der Waals surface area contributed by atoms with Crippen LogP contribution in [0.15, 0.2) is 16.8 Å². The smallest absolute Gasteiger partial charge is 0.214 e. The number of hydrogen-bond donors (Lipinski definition) is 2. The van der Waals surface area contributed by atoms with Crippen molar-refractivity contribution in [3.8, 4) is 0 Å². The molecule has 1 aliphatic rings. The van der Waals surface area contributed by atoms with Gasteiger partial charge in [0.15, 0.2) is 5.12 Å². The third-order valence-corrected chi connectivity index (χ3v) is 6.75. The van der Waals surface area contributed by atoms with Crippen LogP contribution < -0.4 is 5.73 Å². The maximum Gasteiger partial charge on any atom is 0.214 e. The molecule has 0 radical (unpaired) electrons. The predicted octanol–water partition coefficient (Wildman–Crippen LogP) is 3.17. The molecule has 8 heteroatoms. The number of carbonyl (C=O) groups excluding carboxylic acids is 2. The molecule has 0 aliphatic heterocycles. The van der Waals surface area contributed by atoms with Gasteiger partial charge in [0.05, 0.1) is 6.54 Å². The Morgan fingerprint density at radius 1 is 1.39 bits per heavy atom. The molecule has 1 saturated carbocycles. The second-order valence-corrected chi connectivity index (χ2v) is 8.62. The monoisotopic (exact) mass is 406 g/mol. The first-order valence-electron chi connectivity index (χ1n) is 9.63. The van der Waals surface area contributed by atoms with E-state index in [-0.39, 0.29) is 23.7 Å². The minimum absolute atomic E-state index is 0.0911. The molecule has 3 N–H and O–H groups in total. The van der Waals surface area contributed by atoms with E-state index in [2.05, 4.69) is 9.97 Å². The van der Waals surface area contributed by atoms with Gasteiger partial charge in [0.1, 0.15) is 11.6 Å². The summed E-state index contributed by atoms with van der Waals surface area (Å²) in [5.74, 6) is 0.892. The first-order chi connectivity index (χ1) is 13.3. The zero-order valence-electron chi connectivity index (χ0n) is 16.9. The van der Waals surface area contributed by atoms with E-state index in [0.29, 0.717) is 40.6 Å². The van der Waals surface area contributed by atoms with Gasteiger partial charge in [-0.25, -0.2) is 9.97 Å². The van der Waals surface area contributed by atoms with Gasteiger partial charge in [0, 0.05) is 40.8 Å². The Hall–Kier alpha value is -1.93. The van der Waals surface area contributed by atoms with Crippen molar-refractivity contribution in [2.24, 2.45) is 5.41 Å². The van der Waals surface area contributed by atoms with Crippen LogP contribution in [0, 0.1) is 12.3 Å². The number of amides is 1. The summed E-state index contributed by atoms with van der Waals surface area (Å²) in [6.07, 6.45) is 7.71. The summed E-state index contributed by atoms with van der Waals surface area (Å²) in [7, 11) is 0. The topological polar surface area (TPSA) is 109 Å². The van der Waals surface area contributed by atoms with Crippen LogP contribution in [-0.2, 0) is 16.1 Å². The average Bonchev–Trinajstić information content (AvgIpc) is 2.67. The van der Waals surface area contributed by atoms with E-state index >= 15 is 0 Å². The summed E-state index contributed by atoms with van der Waals surface area (Å²) in [5.41, 5.74) is 6.88. The standard InChI is InChI=1S/C20H30N4O3S/c1-14(24(13-26)12-16-11-22-15(2)23-18(16)21)17(7-10-25)28-19(27)20(3)8-5-4-6-9-20/h11,13,25H,4-10,12H2,1-3H3,(H2,21,22,23). The van der Waals surface area contributed by atoms with Crippen LogP contribution in [-0.4, -0.2) is 38.1 Å². The van der Waals surface area contributed by atoms with Gasteiger partial charge in [0.2, 0.25) is 6.41 Å². The SMILES string of the molecule is CC(=C(CCO)SC(=O)C1(C)CCCCC1)N(C=O)Cc1cnc(C)nc1N. The van der Waals surface area contributed by atoms with Gasteiger partial charge >= 0.3 is 0 Å². The Morgan fingerprint density at radius 3 is 2.64 bits per heavy atom. The van der Waals surface area contributed by atoms with Crippen LogP contribution in [0.25, 0.3) is 0 Å². The molecule has 0 bridgehead atoms. The molecule has 1 aromatic rings. The summed E-state index contributed by atoms with van der Waals surface area (Å²) in [5, 5.41) is 9.60.